The third-order valence-electron chi connectivity index (χ3n) is 4.30. The predicted molar refractivity (Wildman–Crippen MR) is 79.5 cm³/mol. The number of hydrogen-bond donors (Lipinski definition) is 1. The Bertz CT molecular complexity index is 498. The maximum absolute atomic E-state index is 6.06. The van der Waals surface area contributed by atoms with Crippen molar-refractivity contribution in [2.75, 3.05) is 13.1 Å². The molecule has 2 nitrogen and oxygen atoms in total. The fraction of sp³-hybridized carbons (Fsp3) is 0.529. The Kier molecular flexibility index (Phi) is 3.88. The van der Waals surface area contributed by atoms with E-state index in [2.05, 4.69) is 36.5 Å². The third kappa shape index (κ3) is 2.69. The lowest BCUT2D eigenvalue weighted by atomic mass is 9.93. The van der Waals surface area contributed by atoms with Gasteiger partial charge >= 0.3 is 0 Å². The van der Waals surface area contributed by atoms with Gasteiger partial charge in [-0.3, -0.25) is 0 Å². The van der Waals surface area contributed by atoms with Gasteiger partial charge in [-0.1, -0.05) is 31.5 Å². The number of furan rings is 1. The van der Waals surface area contributed by atoms with Crippen molar-refractivity contribution in [3.8, 4) is 0 Å². The maximum atomic E-state index is 6.06. The average Bonchev–Trinajstić information content (AvgIpc) is 3.04. The summed E-state index contributed by atoms with van der Waals surface area (Å²) in [6.07, 6.45) is 5.15. The van der Waals surface area contributed by atoms with E-state index in [-0.39, 0.29) is 0 Å². The molecule has 0 radical (unpaired) electrons. The first-order valence-electron chi connectivity index (χ1n) is 7.57. The largest absolute Gasteiger partial charge is 0.461 e. The summed E-state index contributed by atoms with van der Waals surface area (Å²) in [7, 11) is 0. The predicted octanol–water partition coefficient (Wildman–Crippen LogP) is 4.32. The molecule has 1 aromatic heterocycles. The van der Waals surface area contributed by atoms with Crippen LogP contribution < -0.4 is 5.32 Å². The molecule has 1 aliphatic carbocycles. The Labute approximate surface area is 115 Å². The van der Waals surface area contributed by atoms with Crippen molar-refractivity contribution >= 4 is 11.0 Å². The third-order valence-corrected chi connectivity index (χ3v) is 4.30. The van der Waals surface area contributed by atoms with Gasteiger partial charge in [0.1, 0.15) is 11.3 Å². The Morgan fingerprint density at radius 2 is 2.16 bits per heavy atom. The lowest BCUT2D eigenvalue weighted by molar-refractivity contribution is 0.391. The van der Waals surface area contributed by atoms with Gasteiger partial charge in [-0.25, -0.2) is 0 Å². The summed E-state index contributed by atoms with van der Waals surface area (Å²) < 4.78 is 6.06. The molecular formula is C17H23NO. The molecule has 2 unspecified atom stereocenters. The van der Waals surface area contributed by atoms with Crippen molar-refractivity contribution < 1.29 is 4.42 Å². The molecule has 102 valence electrons. The molecule has 0 bridgehead atoms. The minimum atomic E-state index is 0.608. The van der Waals surface area contributed by atoms with Crippen LogP contribution >= 0.6 is 0 Å². The van der Waals surface area contributed by atoms with E-state index in [0.29, 0.717) is 5.92 Å². The summed E-state index contributed by atoms with van der Waals surface area (Å²) in [4.78, 5) is 0. The Morgan fingerprint density at radius 1 is 1.26 bits per heavy atom. The van der Waals surface area contributed by atoms with Crippen LogP contribution in [0.4, 0.5) is 0 Å². The number of nitrogens with one attached hydrogen (secondary N) is 1. The molecule has 2 heteroatoms. The van der Waals surface area contributed by atoms with Gasteiger partial charge in [-0.15, -0.1) is 0 Å². The first-order chi connectivity index (χ1) is 9.38. The minimum absolute atomic E-state index is 0.608. The second-order valence-corrected chi connectivity index (χ2v) is 5.69. The van der Waals surface area contributed by atoms with Crippen molar-refractivity contribution in [2.24, 2.45) is 5.92 Å². The Hall–Kier alpha value is -1.28. The number of fused-ring (bicyclic) bond motifs is 1. The summed E-state index contributed by atoms with van der Waals surface area (Å²) in [5.74, 6) is 2.55. The van der Waals surface area contributed by atoms with E-state index in [0.717, 1.165) is 24.6 Å². The highest BCUT2D eigenvalue weighted by Gasteiger charge is 2.30. The highest BCUT2D eigenvalue weighted by Crippen LogP contribution is 2.41. The number of hydrogen-bond acceptors (Lipinski definition) is 2. The molecule has 2 aromatic rings. The van der Waals surface area contributed by atoms with Gasteiger partial charge in [-0.2, -0.15) is 0 Å². The molecule has 0 amide bonds. The molecule has 0 spiro atoms. The standard InChI is InChI=1S/C17H23NO/c1-2-10-18-12-14-7-5-8-15(14)17-11-13-6-3-4-9-16(13)19-17/h3-4,6,9,11,14-15,18H,2,5,7-8,10,12H2,1H3. The van der Waals surface area contributed by atoms with Crippen molar-refractivity contribution in [2.45, 2.75) is 38.5 Å². The van der Waals surface area contributed by atoms with E-state index in [1.807, 2.05) is 6.07 Å². The van der Waals surface area contributed by atoms with Crippen molar-refractivity contribution in [1.29, 1.82) is 0 Å². The topological polar surface area (TPSA) is 25.2 Å². The van der Waals surface area contributed by atoms with E-state index < -0.39 is 0 Å². The van der Waals surface area contributed by atoms with Gasteiger partial charge < -0.3 is 9.73 Å². The molecule has 1 fully saturated rings. The fourth-order valence-electron chi connectivity index (χ4n) is 3.31. The molecule has 0 saturated heterocycles. The molecule has 1 saturated carbocycles. The van der Waals surface area contributed by atoms with Crippen molar-refractivity contribution in [3.63, 3.8) is 0 Å². The Morgan fingerprint density at radius 3 is 3.00 bits per heavy atom. The quantitative estimate of drug-likeness (QED) is 0.807. The Balaban J connectivity index is 1.76. The van der Waals surface area contributed by atoms with Gasteiger partial charge in [0.05, 0.1) is 0 Å². The van der Waals surface area contributed by atoms with Crippen LogP contribution in [-0.4, -0.2) is 13.1 Å². The van der Waals surface area contributed by atoms with Crippen LogP contribution in [0, 0.1) is 5.92 Å². The molecule has 1 aromatic carbocycles. The van der Waals surface area contributed by atoms with Crippen molar-refractivity contribution in [1.82, 2.24) is 5.32 Å². The second-order valence-electron chi connectivity index (χ2n) is 5.69. The number of rotatable bonds is 5. The van der Waals surface area contributed by atoms with Gasteiger partial charge in [0.2, 0.25) is 0 Å². The first kappa shape index (κ1) is 12.7. The summed E-state index contributed by atoms with van der Waals surface area (Å²) in [5.41, 5.74) is 1.03. The van der Waals surface area contributed by atoms with Crippen LogP contribution in [0.1, 0.15) is 44.3 Å². The van der Waals surface area contributed by atoms with Crippen LogP contribution in [0.15, 0.2) is 34.7 Å². The minimum Gasteiger partial charge on any atom is -0.461 e. The summed E-state index contributed by atoms with van der Waals surface area (Å²) in [6, 6.07) is 10.6. The fourth-order valence-corrected chi connectivity index (χ4v) is 3.31. The summed E-state index contributed by atoms with van der Waals surface area (Å²) >= 11 is 0. The highest BCUT2D eigenvalue weighted by atomic mass is 16.3. The van der Waals surface area contributed by atoms with E-state index in [1.165, 1.54) is 36.8 Å². The lowest BCUT2D eigenvalue weighted by Crippen LogP contribution is -2.25. The van der Waals surface area contributed by atoms with Gasteiger partial charge in [0.25, 0.3) is 0 Å². The molecule has 1 aliphatic rings. The molecule has 0 aliphatic heterocycles. The van der Waals surface area contributed by atoms with Crippen LogP contribution in [-0.2, 0) is 0 Å². The molecule has 19 heavy (non-hydrogen) atoms. The smallest absolute Gasteiger partial charge is 0.134 e. The zero-order chi connectivity index (χ0) is 13.1. The number of benzene rings is 1. The monoisotopic (exact) mass is 257 g/mol. The molecule has 1 heterocycles. The van der Waals surface area contributed by atoms with E-state index >= 15 is 0 Å². The van der Waals surface area contributed by atoms with E-state index in [1.54, 1.807) is 0 Å². The summed E-state index contributed by atoms with van der Waals surface area (Å²) in [5, 5.41) is 4.81. The van der Waals surface area contributed by atoms with Gasteiger partial charge in [0, 0.05) is 11.3 Å². The van der Waals surface area contributed by atoms with Gasteiger partial charge in [-0.05, 0) is 50.4 Å². The zero-order valence-electron chi connectivity index (χ0n) is 11.7. The van der Waals surface area contributed by atoms with E-state index in [9.17, 15) is 0 Å². The second kappa shape index (κ2) is 5.79. The molecular weight excluding hydrogens is 234 g/mol. The molecule has 1 N–H and O–H groups in total. The summed E-state index contributed by atoms with van der Waals surface area (Å²) in [6.45, 7) is 4.48. The normalized spacial score (nSPS) is 23.2. The average molecular weight is 257 g/mol. The van der Waals surface area contributed by atoms with Crippen LogP contribution in [0.2, 0.25) is 0 Å². The van der Waals surface area contributed by atoms with E-state index in [4.69, 9.17) is 4.42 Å². The van der Waals surface area contributed by atoms with Crippen LogP contribution in [0.25, 0.3) is 11.0 Å². The first-order valence-corrected chi connectivity index (χ1v) is 7.57. The SMILES string of the molecule is CCCNCC1CCCC1c1cc2ccccc2o1. The zero-order valence-corrected chi connectivity index (χ0v) is 11.7. The lowest BCUT2D eigenvalue weighted by Gasteiger charge is -2.17. The number of para-hydroxylation sites is 1. The molecule has 2 atom stereocenters. The van der Waals surface area contributed by atoms with Crippen molar-refractivity contribution in [3.05, 3.63) is 36.1 Å². The van der Waals surface area contributed by atoms with Crippen LogP contribution in [0.3, 0.4) is 0 Å². The van der Waals surface area contributed by atoms with Gasteiger partial charge in [0.15, 0.2) is 0 Å². The maximum Gasteiger partial charge on any atom is 0.134 e. The molecule has 3 rings (SSSR count). The van der Waals surface area contributed by atoms with Crippen LogP contribution in [0.5, 0.6) is 0 Å². The highest BCUT2D eigenvalue weighted by molar-refractivity contribution is 5.77.